The Morgan fingerprint density at radius 3 is 3.05 bits per heavy atom. The Morgan fingerprint density at radius 2 is 2.27 bits per heavy atom. The topological polar surface area (TPSA) is 38.1 Å². The molecule has 0 atom stereocenters. The van der Waals surface area contributed by atoms with Crippen molar-refractivity contribution in [3.8, 4) is 0 Å². The van der Waals surface area contributed by atoms with Gasteiger partial charge in [0, 0.05) is 28.8 Å². The summed E-state index contributed by atoms with van der Waals surface area (Å²) in [7, 11) is 1.83. The zero-order valence-corrected chi connectivity index (χ0v) is 13.8. The lowest BCUT2D eigenvalue weighted by atomic mass is 10.2. The molecular formula is C16H16ClN3OS. The number of benzene rings is 1. The van der Waals surface area contributed by atoms with Crippen LogP contribution in [0, 0.1) is 0 Å². The van der Waals surface area contributed by atoms with Crippen molar-refractivity contribution in [3.63, 3.8) is 0 Å². The summed E-state index contributed by atoms with van der Waals surface area (Å²) < 4.78 is 1.83. The molecule has 2 heterocycles. The largest absolute Gasteiger partial charge is 0.341 e. The van der Waals surface area contributed by atoms with E-state index in [4.69, 9.17) is 11.6 Å². The minimum absolute atomic E-state index is 0.110. The Labute approximate surface area is 137 Å². The maximum atomic E-state index is 12.2. The molecule has 0 saturated carbocycles. The van der Waals surface area contributed by atoms with Crippen LogP contribution in [-0.2, 0) is 17.9 Å². The van der Waals surface area contributed by atoms with Gasteiger partial charge in [0.1, 0.15) is 0 Å². The number of hydrogen-bond acceptors (Lipinski definition) is 3. The average molecular weight is 334 g/mol. The van der Waals surface area contributed by atoms with E-state index >= 15 is 0 Å². The second-order valence-electron chi connectivity index (χ2n) is 5.15. The molecule has 3 rings (SSSR count). The summed E-state index contributed by atoms with van der Waals surface area (Å²) in [5, 5.41) is 8.06. The van der Waals surface area contributed by atoms with Gasteiger partial charge in [-0.25, -0.2) is 0 Å². The van der Waals surface area contributed by atoms with Gasteiger partial charge < -0.3 is 4.90 Å². The molecule has 1 amide bonds. The number of aryl methyl sites for hydroxylation is 1. The fraction of sp³-hybridized carbons (Fsp3) is 0.250. The summed E-state index contributed by atoms with van der Waals surface area (Å²) in [6.07, 6.45) is 2.22. The van der Waals surface area contributed by atoms with Crippen molar-refractivity contribution in [1.29, 1.82) is 0 Å². The van der Waals surface area contributed by atoms with E-state index in [1.54, 1.807) is 22.4 Å². The summed E-state index contributed by atoms with van der Waals surface area (Å²) in [6, 6.07) is 9.70. The molecule has 3 aromatic rings. The highest BCUT2D eigenvalue weighted by molar-refractivity contribution is 7.09. The van der Waals surface area contributed by atoms with Gasteiger partial charge >= 0.3 is 0 Å². The Balaban J connectivity index is 1.63. The number of rotatable bonds is 5. The van der Waals surface area contributed by atoms with Gasteiger partial charge in [0.2, 0.25) is 5.91 Å². The first-order valence-electron chi connectivity index (χ1n) is 7.01. The molecule has 4 nitrogen and oxygen atoms in total. The van der Waals surface area contributed by atoms with E-state index in [9.17, 15) is 4.79 Å². The number of thiophene rings is 1. The van der Waals surface area contributed by atoms with Crippen LogP contribution in [0.15, 0.2) is 41.9 Å². The number of carbonyl (C=O) groups is 1. The number of carbonyl (C=O) groups excluding carboxylic acids is 1. The van der Waals surface area contributed by atoms with Gasteiger partial charge in [-0.1, -0.05) is 17.7 Å². The SMILES string of the molecule is CN(Cc1cccs1)C(=O)CCn1ncc2ccc(Cl)cc21. The number of nitrogens with zero attached hydrogens (tertiary/aromatic N) is 3. The second kappa shape index (κ2) is 6.50. The van der Waals surface area contributed by atoms with Crippen molar-refractivity contribution in [2.75, 3.05) is 7.05 Å². The zero-order valence-electron chi connectivity index (χ0n) is 12.2. The number of halogens is 1. The lowest BCUT2D eigenvalue weighted by Gasteiger charge is -2.16. The van der Waals surface area contributed by atoms with Crippen molar-refractivity contribution < 1.29 is 4.79 Å². The van der Waals surface area contributed by atoms with Crippen LogP contribution in [0.3, 0.4) is 0 Å². The second-order valence-corrected chi connectivity index (χ2v) is 6.62. The smallest absolute Gasteiger partial charge is 0.224 e. The lowest BCUT2D eigenvalue weighted by molar-refractivity contribution is -0.130. The van der Waals surface area contributed by atoms with Gasteiger partial charge in [-0.3, -0.25) is 9.48 Å². The number of aromatic nitrogens is 2. The lowest BCUT2D eigenvalue weighted by Crippen LogP contribution is -2.26. The monoisotopic (exact) mass is 333 g/mol. The van der Waals surface area contributed by atoms with Gasteiger partial charge in [0.05, 0.1) is 24.8 Å². The normalized spacial score (nSPS) is 11.0. The molecule has 0 N–H and O–H groups in total. The predicted octanol–water partition coefficient (Wildman–Crippen LogP) is 3.80. The molecule has 0 radical (unpaired) electrons. The maximum Gasteiger partial charge on any atom is 0.224 e. The van der Waals surface area contributed by atoms with Crippen LogP contribution in [0.2, 0.25) is 5.02 Å². The predicted molar refractivity (Wildman–Crippen MR) is 90.2 cm³/mol. The van der Waals surface area contributed by atoms with Crippen molar-refractivity contribution in [1.82, 2.24) is 14.7 Å². The molecule has 0 saturated heterocycles. The van der Waals surface area contributed by atoms with E-state index in [0.717, 1.165) is 10.9 Å². The first kappa shape index (κ1) is 15.1. The molecular weight excluding hydrogens is 318 g/mol. The van der Waals surface area contributed by atoms with Crippen molar-refractivity contribution >= 4 is 39.7 Å². The summed E-state index contributed by atoms with van der Waals surface area (Å²) in [4.78, 5) is 15.2. The summed E-state index contributed by atoms with van der Waals surface area (Å²) >= 11 is 7.69. The first-order chi connectivity index (χ1) is 10.6. The molecule has 0 fully saturated rings. The summed E-state index contributed by atoms with van der Waals surface area (Å²) in [5.74, 6) is 0.110. The molecule has 0 aliphatic carbocycles. The van der Waals surface area contributed by atoms with Crippen LogP contribution in [0.1, 0.15) is 11.3 Å². The molecule has 0 aliphatic heterocycles. The highest BCUT2D eigenvalue weighted by Gasteiger charge is 2.11. The van der Waals surface area contributed by atoms with E-state index in [-0.39, 0.29) is 5.91 Å². The number of fused-ring (bicyclic) bond motifs is 1. The van der Waals surface area contributed by atoms with E-state index in [0.29, 0.717) is 24.5 Å². The van der Waals surface area contributed by atoms with Gasteiger partial charge in [-0.2, -0.15) is 5.10 Å². The Bertz CT molecular complexity index is 782. The third-order valence-electron chi connectivity index (χ3n) is 3.54. The van der Waals surface area contributed by atoms with Gasteiger partial charge in [-0.15, -0.1) is 11.3 Å². The third-order valence-corrected chi connectivity index (χ3v) is 4.64. The quantitative estimate of drug-likeness (QED) is 0.712. The van der Waals surface area contributed by atoms with E-state index in [2.05, 4.69) is 5.10 Å². The van der Waals surface area contributed by atoms with Crippen LogP contribution >= 0.6 is 22.9 Å². The fourth-order valence-electron chi connectivity index (χ4n) is 2.34. The third kappa shape index (κ3) is 3.31. The van der Waals surface area contributed by atoms with E-state index in [1.165, 1.54) is 4.88 Å². The Hall–Kier alpha value is -1.85. The van der Waals surface area contributed by atoms with Gasteiger partial charge in [0.25, 0.3) is 0 Å². The minimum Gasteiger partial charge on any atom is -0.341 e. The standard InChI is InChI=1S/C16H16ClN3OS/c1-19(11-14-3-2-8-22-14)16(21)6-7-20-15-9-13(17)5-4-12(15)10-18-20/h2-5,8-10H,6-7,11H2,1H3. The van der Waals surface area contributed by atoms with Crippen LogP contribution in [0.4, 0.5) is 0 Å². The van der Waals surface area contributed by atoms with Crippen LogP contribution in [0.5, 0.6) is 0 Å². The molecule has 1 aromatic carbocycles. The molecule has 0 aliphatic rings. The fourth-order valence-corrected chi connectivity index (χ4v) is 3.26. The molecule has 2 aromatic heterocycles. The van der Waals surface area contributed by atoms with E-state index < -0.39 is 0 Å². The van der Waals surface area contributed by atoms with Crippen LogP contribution in [0.25, 0.3) is 10.9 Å². The Kier molecular flexibility index (Phi) is 4.45. The van der Waals surface area contributed by atoms with Crippen LogP contribution < -0.4 is 0 Å². The first-order valence-corrected chi connectivity index (χ1v) is 8.26. The highest BCUT2D eigenvalue weighted by Crippen LogP contribution is 2.19. The van der Waals surface area contributed by atoms with Gasteiger partial charge in [0.15, 0.2) is 0 Å². The molecule has 0 unspecified atom stereocenters. The number of amides is 1. The molecule has 114 valence electrons. The summed E-state index contributed by atoms with van der Waals surface area (Å²) in [6.45, 7) is 1.21. The summed E-state index contributed by atoms with van der Waals surface area (Å²) in [5.41, 5.74) is 0.959. The molecule has 0 bridgehead atoms. The highest BCUT2D eigenvalue weighted by atomic mass is 35.5. The zero-order chi connectivity index (χ0) is 15.5. The van der Waals surface area contributed by atoms with Gasteiger partial charge in [-0.05, 0) is 29.6 Å². The van der Waals surface area contributed by atoms with E-state index in [1.807, 2.05) is 47.4 Å². The average Bonchev–Trinajstić information content (AvgIpc) is 3.14. The minimum atomic E-state index is 0.110. The van der Waals surface area contributed by atoms with Crippen molar-refractivity contribution in [3.05, 3.63) is 51.8 Å². The van der Waals surface area contributed by atoms with Crippen molar-refractivity contribution in [2.45, 2.75) is 19.5 Å². The van der Waals surface area contributed by atoms with Crippen molar-refractivity contribution in [2.24, 2.45) is 0 Å². The molecule has 22 heavy (non-hydrogen) atoms. The molecule has 0 spiro atoms. The maximum absolute atomic E-state index is 12.2. The Morgan fingerprint density at radius 1 is 1.41 bits per heavy atom. The molecule has 6 heteroatoms. The van der Waals surface area contributed by atoms with Crippen LogP contribution in [-0.4, -0.2) is 27.6 Å². The number of hydrogen-bond donors (Lipinski definition) is 0.